The molecule has 1 unspecified atom stereocenters. The number of carbonyl (C=O) groups is 3. The number of carboxylic acids is 1. The molecule has 3 aromatic rings. The third-order valence-corrected chi connectivity index (χ3v) is 9.31. The molecule has 2 aliphatic heterocycles. The van der Waals surface area contributed by atoms with Gasteiger partial charge in [0.15, 0.2) is 0 Å². The van der Waals surface area contributed by atoms with Crippen molar-refractivity contribution in [3.63, 3.8) is 0 Å². The van der Waals surface area contributed by atoms with Crippen LogP contribution in [-0.2, 0) is 14.3 Å². The van der Waals surface area contributed by atoms with Crippen LogP contribution in [0.15, 0.2) is 47.5 Å². The minimum atomic E-state index is -1.22. The van der Waals surface area contributed by atoms with E-state index in [1.165, 1.54) is 42.0 Å². The summed E-state index contributed by atoms with van der Waals surface area (Å²) in [4.78, 5) is 45.7. The quantitative estimate of drug-likeness (QED) is 0.231. The first kappa shape index (κ1) is 26.3. The zero-order valence-electron chi connectivity index (χ0n) is 21.2. The minimum Gasteiger partial charge on any atom is -0.496 e. The van der Waals surface area contributed by atoms with Crippen molar-refractivity contribution in [2.24, 2.45) is 11.3 Å². The number of thioether (sulfide) groups is 1. The van der Waals surface area contributed by atoms with Gasteiger partial charge in [-0.05, 0) is 31.7 Å². The number of fused-ring (bicyclic) bond motifs is 2. The first-order valence-corrected chi connectivity index (χ1v) is 14.0. The van der Waals surface area contributed by atoms with E-state index in [0.717, 1.165) is 9.86 Å². The van der Waals surface area contributed by atoms with Gasteiger partial charge in [-0.25, -0.2) is 14.6 Å². The molecule has 0 bridgehead atoms. The van der Waals surface area contributed by atoms with Crippen LogP contribution in [-0.4, -0.2) is 74.5 Å². The van der Waals surface area contributed by atoms with Crippen LogP contribution in [0.5, 0.6) is 5.75 Å². The number of esters is 1. The van der Waals surface area contributed by atoms with E-state index < -0.39 is 41.3 Å². The molecule has 0 aliphatic carbocycles. The van der Waals surface area contributed by atoms with E-state index >= 15 is 0 Å². The number of aliphatic hydroxyl groups excluding tert-OH is 1. The van der Waals surface area contributed by atoms with E-state index in [4.69, 9.17) is 9.47 Å². The van der Waals surface area contributed by atoms with Crippen LogP contribution in [0.4, 0.5) is 0 Å². The normalized spacial score (nSPS) is 23.4. The Kier molecular flexibility index (Phi) is 6.74. The van der Waals surface area contributed by atoms with Crippen molar-refractivity contribution in [1.82, 2.24) is 14.3 Å². The maximum absolute atomic E-state index is 13.1. The number of aromatic nitrogens is 2. The molecule has 2 N–H and O–H groups in total. The lowest BCUT2D eigenvalue weighted by Gasteiger charge is -2.50. The minimum absolute atomic E-state index is 0.0310. The summed E-state index contributed by atoms with van der Waals surface area (Å²) in [7, 11) is 1.47. The van der Waals surface area contributed by atoms with Crippen LogP contribution in [0.1, 0.15) is 35.5 Å². The summed E-state index contributed by atoms with van der Waals surface area (Å²) < 4.78 is 12.7. The summed E-state index contributed by atoms with van der Waals surface area (Å²) >= 11 is 2.88. The molecule has 1 aromatic carbocycles. The fourth-order valence-electron chi connectivity index (χ4n) is 5.61. The molecule has 12 heteroatoms. The molecule has 10 nitrogen and oxygen atoms in total. The van der Waals surface area contributed by atoms with Crippen molar-refractivity contribution >= 4 is 51.3 Å². The number of para-hydroxylation sites is 1. The first-order valence-electron chi connectivity index (χ1n) is 11.9. The number of hydrogen-bond acceptors (Lipinski definition) is 9. The average molecular weight is 558 g/mol. The fraction of sp³-hybridized carbons (Fsp3) is 0.385. The second-order valence-electron chi connectivity index (χ2n) is 9.51. The molecule has 0 saturated carbocycles. The Morgan fingerprint density at radius 3 is 2.71 bits per heavy atom. The largest absolute Gasteiger partial charge is 0.496 e. The molecular weight excluding hydrogens is 530 g/mol. The van der Waals surface area contributed by atoms with Gasteiger partial charge in [0.25, 0.3) is 0 Å². The Hall–Kier alpha value is -3.35. The number of imidazole rings is 1. The number of carboxylic acid groups (broad SMARTS) is 1. The van der Waals surface area contributed by atoms with Crippen molar-refractivity contribution in [3.05, 3.63) is 52.9 Å². The maximum Gasteiger partial charge on any atom is 0.352 e. The van der Waals surface area contributed by atoms with E-state index in [1.807, 2.05) is 23.8 Å². The maximum atomic E-state index is 13.1. The summed E-state index contributed by atoms with van der Waals surface area (Å²) in [5, 5.41) is 21.5. The molecule has 1 fully saturated rings. The number of hydrogen-bond donors (Lipinski definition) is 2. The molecule has 2 aliphatic rings. The Morgan fingerprint density at radius 2 is 2.05 bits per heavy atom. The zero-order valence-corrected chi connectivity index (χ0v) is 22.8. The van der Waals surface area contributed by atoms with E-state index in [0.29, 0.717) is 16.2 Å². The van der Waals surface area contributed by atoms with Crippen molar-refractivity contribution in [2.45, 2.75) is 37.4 Å². The van der Waals surface area contributed by atoms with Gasteiger partial charge < -0.3 is 24.6 Å². The third kappa shape index (κ3) is 3.89. The first-order chi connectivity index (χ1) is 18.1. The van der Waals surface area contributed by atoms with Crippen LogP contribution in [0, 0.1) is 11.3 Å². The van der Waals surface area contributed by atoms with Gasteiger partial charge in [-0.2, -0.15) is 0 Å². The summed E-state index contributed by atoms with van der Waals surface area (Å²) in [6.45, 7) is 3.38. The van der Waals surface area contributed by atoms with Gasteiger partial charge in [-0.1, -0.05) is 19.1 Å². The van der Waals surface area contributed by atoms with Gasteiger partial charge in [0.2, 0.25) is 5.91 Å². The highest BCUT2D eigenvalue weighted by Crippen LogP contribution is 2.60. The number of aliphatic carboxylic acids is 1. The van der Waals surface area contributed by atoms with E-state index in [9.17, 15) is 24.6 Å². The standard InChI is InChI=1S/C26H27N3O7S2/c1-13(30)17-20-26(2,9-10-36-25(34)14-7-5-6-8-15(14)35-3)18(19(24(32)33)29(20)22(17)31)16-11-28-12-27-21(37-4)23(28)38-16/h5-8,11-13,17,20,30H,9-10H2,1-4H3,(H,32,33)/t13-,17-,20-,26?/m1/s1. The van der Waals surface area contributed by atoms with Gasteiger partial charge >= 0.3 is 11.9 Å². The van der Waals surface area contributed by atoms with Gasteiger partial charge in [-0.3, -0.25) is 9.20 Å². The molecule has 5 rings (SSSR count). The molecule has 1 amide bonds. The highest BCUT2D eigenvalue weighted by Gasteiger charge is 2.66. The van der Waals surface area contributed by atoms with Crippen molar-refractivity contribution in [2.75, 3.05) is 20.0 Å². The fourth-order valence-corrected chi connectivity index (χ4v) is 7.57. The van der Waals surface area contributed by atoms with Crippen LogP contribution in [0.3, 0.4) is 0 Å². The summed E-state index contributed by atoms with van der Waals surface area (Å²) in [5.41, 5.74) is -0.249. The summed E-state index contributed by atoms with van der Waals surface area (Å²) in [5.74, 6) is -2.60. The summed E-state index contributed by atoms with van der Waals surface area (Å²) in [6.07, 6.45) is 4.66. The molecule has 4 heterocycles. The Balaban J connectivity index is 1.54. The number of rotatable bonds is 9. The van der Waals surface area contributed by atoms with Crippen LogP contribution < -0.4 is 4.74 Å². The predicted octanol–water partition coefficient (Wildman–Crippen LogP) is 3.40. The van der Waals surface area contributed by atoms with Crippen LogP contribution in [0.25, 0.3) is 10.4 Å². The lowest BCUT2D eigenvalue weighted by atomic mass is 9.65. The van der Waals surface area contributed by atoms with E-state index in [1.54, 1.807) is 30.6 Å². The molecule has 2 aromatic heterocycles. The smallest absolute Gasteiger partial charge is 0.352 e. The molecule has 0 spiro atoms. The third-order valence-electron chi connectivity index (χ3n) is 7.37. The SMILES string of the molecule is COc1ccccc1C(=O)OCCC1(C)C(c2cn3cnc(SC)c3s2)=C(C(=O)O)N2C(=O)[C@H]([C@@H](C)O)[C@@H]21. The van der Waals surface area contributed by atoms with Crippen molar-refractivity contribution in [3.8, 4) is 5.75 Å². The second kappa shape index (κ2) is 9.75. The van der Waals surface area contributed by atoms with Crippen LogP contribution >= 0.6 is 23.1 Å². The van der Waals surface area contributed by atoms with E-state index in [-0.39, 0.29) is 24.3 Å². The number of carbonyl (C=O) groups excluding carboxylic acids is 2. The number of aliphatic hydroxyl groups is 1. The van der Waals surface area contributed by atoms with Crippen LogP contribution in [0.2, 0.25) is 0 Å². The Bertz CT molecular complexity index is 1480. The number of β-lactam (4-membered cyclic amide) rings is 1. The predicted molar refractivity (Wildman–Crippen MR) is 141 cm³/mol. The Morgan fingerprint density at radius 1 is 1.32 bits per heavy atom. The average Bonchev–Trinajstić information content (AvgIpc) is 3.52. The lowest BCUT2D eigenvalue weighted by molar-refractivity contribution is -0.167. The lowest BCUT2D eigenvalue weighted by Crippen LogP contribution is -2.66. The van der Waals surface area contributed by atoms with Gasteiger partial charge in [-0.15, -0.1) is 23.1 Å². The molecule has 4 atom stereocenters. The number of amides is 1. The second-order valence-corrected chi connectivity index (χ2v) is 11.3. The topological polar surface area (TPSA) is 131 Å². The highest BCUT2D eigenvalue weighted by atomic mass is 32.2. The highest BCUT2D eigenvalue weighted by molar-refractivity contribution is 7.98. The van der Waals surface area contributed by atoms with Crippen molar-refractivity contribution < 1.29 is 34.1 Å². The number of benzene rings is 1. The monoisotopic (exact) mass is 557 g/mol. The molecule has 200 valence electrons. The molecule has 0 radical (unpaired) electrons. The number of methoxy groups -OCH3 is 1. The Labute approximate surface area is 226 Å². The molecule has 38 heavy (non-hydrogen) atoms. The van der Waals surface area contributed by atoms with Crippen molar-refractivity contribution in [1.29, 1.82) is 0 Å². The van der Waals surface area contributed by atoms with Gasteiger partial charge in [0, 0.05) is 17.2 Å². The molecule has 1 saturated heterocycles. The van der Waals surface area contributed by atoms with Gasteiger partial charge in [0.1, 0.15) is 33.2 Å². The van der Waals surface area contributed by atoms with E-state index in [2.05, 4.69) is 4.98 Å². The zero-order chi connectivity index (χ0) is 27.4. The number of ether oxygens (including phenoxy) is 2. The summed E-state index contributed by atoms with van der Waals surface area (Å²) in [6, 6.07) is 6.13. The van der Waals surface area contributed by atoms with Gasteiger partial charge in [0.05, 0.1) is 36.7 Å². The number of nitrogens with zero attached hydrogens (tertiary/aromatic N) is 3. The number of thiazole rings is 1. The molecular formula is C26H27N3O7S2.